The van der Waals surface area contributed by atoms with E-state index in [2.05, 4.69) is 9.97 Å². The number of hydrogen-bond acceptors (Lipinski definition) is 4. The zero-order chi connectivity index (χ0) is 15.0. The van der Waals surface area contributed by atoms with Crippen LogP contribution in [0.25, 0.3) is 10.9 Å². The highest BCUT2D eigenvalue weighted by Gasteiger charge is 2.19. The van der Waals surface area contributed by atoms with Crippen LogP contribution in [0.15, 0.2) is 29.8 Å². The van der Waals surface area contributed by atoms with Gasteiger partial charge in [-0.15, -0.1) is 11.3 Å². The molecule has 3 rings (SSSR count). The van der Waals surface area contributed by atoms with Crippen LogP contribution in [0.3, 0.4) is 0 Å². The molecule has 6 heteroatoms. The van der Waals surface area contributed by atoms with Crippen molar-refractivity contribution >= 4 is 45.4 Å². The van der Waals surface area contributed by atoms with E-state index in [0.717, 1.165) is 10.9 Å². The molecular formula is C15H11ClN2O2S. The van der Waals surface area contributed by atoms with Gasteiger partial charge in [-0.05, 0) is 18.2 Å². The smallest absolute Gasteiger partial charge is 0.223 e. The number of aromatic amines is 1. The number of carbonyl (C=O) groups is 2. The predicted molar refractivity (Wildman–Crippen MR) is 83.5 cm³/mol. The number of H-pyrrole nitrogens is 1. The van der Waals surface area contributed by atoms with Crippen molar-refractivity contribution in [1.82, 2.24) is 9.97 Å². The van der Waals surface area contributed by atoms with E-state index in [0.29, 0.717) is 27.7 Å². The molecule has 2 heterocycles. The van der Waals surface area contributed by atoms with Crippen LogP contribution in [0.5, 0.6) is 0 Å². The Morgan fingerprint density at radius 3 is 2.95 bits per heavy atom. The quantitative estimate of drug-likeness (QED) is 0.736. The summed E-state index contributed by atoms with van der Waals surface area (Å²) in [5.74, 6) is -0.268. The van der Waals surface area contributed by atoms with E-state index in [1.165, 1.54) is 11.3 Å². The molecule has 1 aromatic carbocycles. The number of Topliss-reactive ketones (excluding diaryl/α,β-unsaturated/α-hetero) is 1. The second kappa shape index (κ2) is 5.42. The number of nitrogens with one attached hydrogen (secondary N) is 1. The van der Waals surface area contributed by atoms with E-state index < -0.39 is 0 Å². The highest BCUT2D eigenvalue weighted by molar-refractivity contribution is 7.12. The summed E-state index contributed by atoms with van der Waals surface area (Å²) in [5, 5.41) is 3.26. The van der Waals surface area contributed by atoms with Crippen LogP contribution in [0.1, 0.15) is 39.2 Å². The van der Waals surface area contributed by atoms with Gasteiger partial charge in [-0.1, -0.05) is 18.5 Å². The Labute approximate surface area is 129 Å². The number of carbonyl (C=O) groups excluding carboxylic acids is 2. The minimum atomic E-state index is -0.205. The van der Waals surface area contributed by atoms with E-state index in [9.17, 15) is 9.59 Å². The molecule has 0 atom stereocenters. The van der Waals surface area contributed by atoms with Crippen molar-refractivity contribution in [1.29, 1.82) is 0 Å². The molecule has 0 amide bonds. The number of fused-ring (bicyclic) bond motifs is 1. The van der Waals surface area contributed by atoms with Crippen molar-refractivity contribution in [3.63, 3.8) is 0 Å². The fraction of sp³-hybridized carbons (Fsp3) is 0.133. The van der Waals surface area contributed by atoms with Crippen LogP contribution in [-0.4, -0.2) is 21.5 Å². The topological polar surface area (TPSA) is 62.8 Å². The van der Waals surface area contributed by atoms with Gasteiger partial charge in [0, 0.05) is 33.9 Å². The molecule has 2 aromatic heterocycles. The molecular weight excluding hydrogens is 308 g/mol. The van der Waals surface area contributed by atoms with Gasteiger partial charge in [0.05, 0.1) is 5.56 Å². The van der Waals surface area contributed by atoms with Gasteiger partial charge in [0.15, 0.2) is 10.8 Å². The van der Waals surface area contributed by atoms with Crippen molar-refractivity contribution in [3.8, 4) is 0 Å². The Kier molecular flexibility index (Phi) is 3.61. The van der Waals surface area contributed by atoms with Crippen LogP contribution >= 0.6 is 22.9 Å². The number of hydrogen-bond donors (Lipinski definition) is 1. The van der Waals surface area contributed by atoms with Gasteiger partial charge in [-0.3, -0.25) is 9.59 Å². The molecule has 0 bridgehead atoms. The second-order valence-electron chi connectivity index (χ2n) is 4.54. The highest BCUT2D eigenvalue weighted by Crippen LogP contribution is 2.25. The van der Waals surface area contributed by atoms with E-state index in [1.807, 2.05) is 6.07 Å². The molecule has 1 N–H and O–H groups in total. The largest absolute Gasteiger partial charge is 0.360 e. The number of nitrogens with zero attached hydrogens (tertiary/aromatic N) is 1. The van der Waals surface area contributed by atoms with Crippen LogP contribution in [0.4, 0.5) is 0 Å². The van der Waals surface area contributed by atoms with Crippen LogP contribution in [0, 0.1) is 0 Å². The van der Waals surface area contributed by atoms with Gasteiger partial charge in [0.1, 0.15) is 5.69 Å². The van der Waals surface area contributed by atoms with Crippen LogP contribution in [0.2, 0.25) is 5.02 Å². The van der Waals surface area contributed by atoms with E-state index in [4.69, 9.17) is 11.6 Å². The molecule has 21 heavy (non-hydrogen) atoms. The maximum atomic E-state index is 12.5. The van der Waals surface area contributed by atoms with Crippen LogP contribution < -0.4 is 0 Å². The molecule has 4 nitrogen and oxygen atoms in total. The molecule has 0 aliphatic carbocycles. The maximum absolute atomic E-state index is 12.5. The standard InChI is InChI=1S/C15H11ClN2O2S/c1-2-13(19)12-7-21-15(18-12)14(20)10-6-17-11-4-3-8(16)5-9(10)11/h3-7,17H,2H2,1H3. The lowest BCUT2D eigenvalue weighted by molar-refractivity contribution is 0.0984. The number of benzene rings is 1. The van der Waals surface area contributed by atoms with Crippen molar-refractivity contribution < 1.29 is 9.59 Å². The summed E-state index contributed by atoms with van der Waals surface area (Å²) < 4.78 is 0. The Bertz CT molecular complexity index is 850. The lowest BCUT2D eigenvalue weighted by Gasteiger charge is -1.96. The fourth-order valence-electron chi connectivity index (χ4n) is 2.08. The summed E-state index contributed by atoms with van der Waals surface area (Å²) in [6.07, 6.45) is 2.02. The summed E-state index contributed by atoms with van der Waals surface area (Å²) in [6, 6.07) is 5.32. The molecule has 0 saturated heterocycles. The van der Waals surface area contributed by atoms with Gasteiger partial charge in [-0.2, -0.15) is 0 Å². The molecule has 0 unspecified atom stereocenters. The van der Waals surface area contributed by atoms with Crippen molar-refractivity contribution in [2.45, 2.75) is 13.3 Å². The first-order chi connectivity index (χ1) is 10.1. The van der Waals surface area contributed by atoms with Gasteiger partial charge in [0.25, 0.3) is 0 Å². The number of halogens is 1. The van der Waals surface area contributed by atoms with Gasteiger partial charge >= 0.3 is 0 Å². The Hall–Kier alpha value is -1.98. The average Bonchev–Trinajstić information content (AvgIpc) is 3.12. The molecule has 0 radical (unpaired) electrons. The highest BCUT2D eigenvalue weighted by atomic mass is 35.5. The zero-order valence-corrected chi connectivity index (χ0v) is 12.7. The van der Waals surface area contributed by atoms with Crippen molar-refractivity contribution in [3.05, 3.63) is 51.1 Å². The summed E-state index contributed by atoms with van der Waals surface area (Å²) in [4.78, 5) is 31.3. The third-order valence-electron chi connectivity index (χ3n) is 3.19. The van der Waals surface area contributed by atoms with E-state index >= 15 is 0 Å². The number of ketones is 2. The van der Waals surface area contributed by atoms with Crippen molar-refractivity contribution in [2.75, 3.05) is 0 Å². The van der Waals surface area contributed by atoms with Gasteiger partial charge < -0.3 is 4.98 Å². The predicted octanol–water partition coefficient (Wildman–Crippen LogP) is 4.10. The summed E-state index contributed by atoms with van der Waals surface area (Å²) in [5.41, 5.74) is 1.70. The molecule has 0 aliphatic heterocycles. The van der Waals surface area contributed by atoms with E-state index in [-0.39, 0.29) is 11.6 Å². The minimum Gasteiger partial charge on any atom is -0.360 e. The van der Waals surface area contributed by atoms with Crippen molar-refractivity contribution in [2.24, 2.45) is 0 Å². The second-order valence-corrected chi connectivity index (χ2v) is 5.83. The zero-order valence-electron chi connectivity index (χ0n) is 11.1. The molecule has 0 spiro atoms. The minimum absolute atomic E-state index is 0.0627. The summed E-state index contributed by atoms with van der Waals surface area (Å²) >= 11 is 7.16. The first-order valence-corrected chi connectivity index (χ1v) is 7.66. The fourth-order valence-corrected chi connectivity index (χ4v) is 3.03. The molecule has 0 aliphatic rings. The lowest BCUT2D eigenvalue weighted by Crippen LogP contribution is -2.02. The summed E-state index contributed by atoms with van der Waals surface area (Å²) in [6.45, 7) is 1.77. The SMILES string of the molecule is CCC(=O)c1csc(C(=O)c2c[nH]c3ccc(Cl)cc23)n1. The first-order valence-electron chi connectivity index (χ1n) is 6.40. The maximum Gasteiger partial charge on any atom is 0.223 e. The van der Waals surface area contributed by atoms with Gasteiger partial charge in [0.2, 0.25) is 5.78 Å². The number of thiazole rings is 1. The number of rotatable bonds is 4. The Morgan fingerprint density at radius 1 is 1.38 bits per heavy atom. The Balaban J connectivity index is 2.02. The van der Waals surface area contributed by atoms with Crippen LogP contribution in [-0.2, 0) is 0 Å². The molecule has 106 valence electrons. The normalized spacial score (nSPS) is 11.0. The number of aromatic nitrogens is 2. The summed E-state index contributed by atoms with van der Waals surface area (Å²) in [7, 11) is 0. The molecule has 0 saturated carbocycles. The monoisotopic (exact) mass is 318 g/mol. The molecule has 0 fully saturated rings. The lowest BCUT2D eigenvalue weighted by atomic mass is 10.1. The third-order valence-corrected chi connectivity index (χ3v) is 4.27. The third kappa shape index (κ3) is 2.50. The average molecular weight is 319 g/mol. The Morgan fingerprint density at radius 2 is 2.19 bits per heavy atom. The molecule has 3 aromatic rings. The van der Waals surface area contributed by atoms with E-state index in [1.54, 1.807) is 30.6 Å². The van der Waals surface area contributed by atoms with Gasteiger partial charge in [-0.25, -0.2) is 4.98 Å². The first kappa shape index (κ1) is 14.0.